The van der Waals surface area contributed by atoms with Crippen LogP contribution >= 0.6 is 0 Å². The van der Waals surface area contributed by atoms with Crippen LogP contribution in [0.1, 0.15) is 0 Å². The van der Waals surface area contributed by atoms with Gasteiger partial charge in [0.15, 0.2) is 0 Å². The van der Waals surface area contributed by atoms with E-state index in [1.165, 1.54) is 0 Å². The fraction of sp³-hybridized carbons (Fsp3) is 0.143. The molecule has 0 aliphatic heterocycles. The second-order valence-electron chi connectivity index (χ2n) is 4.01. The normalized spacial score (nSPS) is 9.68. The van der Waals surface area contributed by atoms with Crippen LogP contribution in [0.2, 0.25) is 0 Å². The second-order valence-corrected chi connectivity index (χ2v) is 4.01. The minimum atomic E-state index is -1.11. The van der Waals surface area contributed by atoms with Gasteiger partial charge >= 0.3 is 11.9 Å². The molecule has 0 atom stereocenters. The molecule has 1 aromatic rings. The molecule has 0 unspecified atom stereocenters. The van der Waals surface area contributed by atoms with Crippen molar-refractivity contribution in [2.75, 3.05) is 18.0 Å². The first-order valence-corrected chi connectivity index (χ1v) is 5.54. The minimum absolute atomic E-state index is 0.0120. The van der Waals surface area contributed by atoms with E-state index in [-0.39, 0.29) is 24.2 Å². The third-order valence-electron chi connectivity index (χ3n) is 2.49. The Labute approximate surface area is 111 Å². The minimum Gasteiger partial charge on any atom is -0.478 e. The quantitative estimate of drug-likeness (QED) is 0.731. The Bertz CT molecular complexity index is 479. The smallest absolute Gasteiger partial charge is 0.332 e. The summed E-state index contributed by atoms with van der Waals surface area (Å²) in [4.78, 5) is 23.2. The lowest BCUT2D eigenvalue weighted by molar-refractivity contribution is -0.133. The van der Waals surface area contributed by atoms with Gasteiger partial charge in [-0.1, -0.05) is 31.4 Å². The number of carboxylic acids is 2. The zero-order chi connectivity index (χ0) is 14.4. The number of anilines is 1. The van der Waals surface area contributed by atoms with E-state index >= 15 is 0 Å². The highest BCUT2D eigenvalue weighted by molar-refractivity contribution is 5.88. The number of rotatable bonds is 7. The number of hydrogen-bond donors (Lipinski definition) is 2. The monoisotopic (exact) mass is 261 g/mol. The topological polar surface area (TPSA) is 77.8 Å². The van der Waals surface area contributed by atoms with E-state index < -0.39 is 11.9 Å². The zero-order valence-corrected chi connectivity index (χ0v) is 10.4. The van der Waals surface area contributed by atoms with Crippen molar-refractivity contribution in [1.29, 1.82) is 0 Å². The summed E-state index contributed by atoms with van der Waals surface area (Å²) in [6.45, 7) is 6.97. The van der Waals surface area contributed by atoms with Crippen LogP contribution in [0.25, 0.3) is 0 Å². The van der Waals surface area contributed by atoms with Gasteiger partial charge in [-0.25, -0.2) is 9.59 Å². The van der Waals surface area contributed by atoms with Crippen molar-refractivity contribution in [3.63, 3.8) is 0 Å². The molecule has 0 aliphatic carbocycles. The summed E-state index contributed by atoms with van der Waals surface area (Å²) >= 11 is 0. The van der Waals surface area contributed by atoms with Gasteiger partial charge in [0.05, 0.1) is 0 Å². The zero-order valence-electron chi connectivity index (χ0n) is 10.4. The molecule has 0 aromatic heterocycles. The highest BCUT2D eigenvalue weighted by Crippen LogP contribution is 2.16. The Morgan fingerprint density at radius 1 is 0.947 bits per heavy atom. The maximum absolute atomic E-state index is 10.8. The van der Waals surface area contributed by atoms with Crippen LogP contribution in [0.4, 0.5) is 5.69 Å². The molecule has 19 heavy (non-hydrogen) atoms. The molecule has 5 nitrogen and oxygen atoms in total. The summed E-state index contributed by atoms with van der Waals surface area (Å²) in [5.41, 5.74) is 0.691. The van der Waals surface area contributed by atoms with Gasteiger partial charge in [-0.15, -0.1) is 0 Å². The molecule has 2 N–H and O–H groups in total. The molecule has 1 aromatic carbocycles. The number of para-hydroxylation sites is 1. The van der Waals surface area contributed by atoms with Gasteiger partial charge in [0.2, 0.25) is 0 Å². The third kappa shape index (κ3) is 4.31. The fourth-order valence-corrected chi connectivity index (χ4v) is 1.47. The Morgan fingerprint density at radius 3 is 1.74 bits per heavy atom. The molecule has 0 saturated carbocycles. The Morgan fingerprint density at radius 2 is 1.37 bits per heavy atom. The molecule has 0 aliphatic rings. The Balaban J connectivity index is 2.91. The largest absolute Gasteiger partial charge is 0.478 e. The van der Waals surface area contributed by atoms with Crippen LogP contribution in [0.5, 0.6) is 0 Å². The highest BCUT2D eigenvalue weighted by atomic mass is 16.4. The lowest BCUT2D eigenvalue weighted by atomic mass is 10.2. The summed E-state index contributed by atoms with van der Waals surface area (Å²) in [6.07, 6.45) is 0. The fourth-order valence-electron chi connectivity index (χ4n) is 1.47. The summed E-state index contributed by atoms with van der Waals surface area (Å²) in [5.74, 6) is -2.22. The molecule has 0 heterocycles. The van der Waals surface area contributed by atoms with Crippen molar-refractivity contribution >= 4 is 17.6 Å². The van der Waals surface area contributed by atoms with Gasteiger partial charge in [0.1, 0.15) is 0 Å². The number of carboxylic acid groups (broad SMARTS) is 2. The van der Waals surface area contributed by atoms with Crippen LogP contribution in [-0.2, 0) is 9.59 Å². The summed E-state index contributed by atoms with van der Waals surface area (Å²) in [7, 11) is 0. The van der Waals surface area contributed by atoms with Crippen molar-refractivity contribution in [3.05, 3.63) is 54.6 Å². The number of carbonyl (C=O) groups is 2. The molecular weight excluding hydrogens is 246 g/mol. The van der Waals surface area contributed by atoms with Gasteiger partial charge in [-0.2, -0.15) is 0 Å². The Kier molecular flexibility index (Phi) is 4.88. The number of benzene rings is 1. The molecule has 0 radical (unpaired) electrons. The van der Waals surface area contributed by atoms with E-state index in [9.17, 15) is 9.59 Å². The van der Waals surface area contributed by atoms with Crippen molar-refractivity contribution < 1.29 is 19.8 Å². The highest BCUT2D eigenvalue weighted by Gasteiger charge is 2.15. The van der Waals surface area contributed by atoms with Gasteiger partial charge in [-0.05, 0) is 12.1 Å². The van der Waals surface area contributed by atoms with E-state index in [0.29, 0.717) is 5.69 Å². The predicted molar refractivity (Wildman–Crippen MR) is 72.2 cm³/mol. The molecule has 0 bridgehead atoms. The molecule has 0 amide bonds. The van der Waals surface area contributed by atoms with Crippen molar-refractivity contribution in [2.45, 2.75) is 0 Å². The first kappa shape index (κ1) is 14.5. The standard InChI is InChI=1S/C14H15NO4/c1-10(13(16)17)8-15(9-11(2)14(18)19)12-6-4-3-5-7-12/h3-7H,1-2,8-9H2,(H,16,17)(H,18,19). The molecule has 0 spiro atoms. The van der Waals surface area contributed by atoms with Crippen LogP contribution in [-0.4, -0.2) is 35.2 Å². The van der Waals surface area contributed by atoms with E-state index in [1.807, 2.05) is 6.07 Å². The molecule has 0 saturated heterocycles. The van der Waals surface area contributed by atoms with Crippen LogP contribution in [0.3, 0.4) is 0 Å². The first-order chi connectivity index (χ1) is 8.91. The average molecular weight is 261 g/mol. The van der Waals surface area contributed by atoms with Crippen molar-refractivity contribution in [2.24, 2.45) is 0 Å². The van der Waals surface area contributed by atoms with Crippen molar-refractivity contribution in [1.82, 2.24) is 0 Å². The number of hydrogen-bond acceptors (Lipinski definition) is 3. The van der Waals surface area contributed by atoms with Crippen molar-refractivity contribution in [3.8, 4) is 0 Å². The molecule has 5 heteroatoms. The SMILES string of the molecule is C=C(CN(CC(=C)C(=O)O)c1ccccc1)C(=O)O. The van der Waals surface area contributed by atoms with E-state index in [0.717, 1.165) is 0 Å². The maximum atomic E-state index is 10.8. The van der Waals surface area contributed by atoms with E-state index in [4.69, 9.17) is 10.2 Å². The van der Waals surface area contributed by atoms with E-state index in [2.05, 4.69) is 13.2 Å². The second kappa shape index (κ2) is 6.39. The third-order valence-corrected chi connectivity index (χ3v) is 2.49. The lowest BCUT2D eigenvalue weighted by Crippen LogP contribution is -2.31. The number of nitrogens with zero attached hydrogens (tertiary/aromatic N) is 1. The first-order valence-electron chi connectivity index (χ1n) is 5.54. The van der Waals surface area contributed by atoms with Gasteiger partial charge in [-0.3, -0.25) is 0 Å². The van der Waals surface area contributed by atoms with E-state index in [1.54, 1.807) is 29.2 Å². The maximum Gasteiger partial charge on any atom is 0.332 e. The summed E-state index contributed by atoms with van der Waals surface area (Å²) in [6, 6.07) is 8.93. The molecule has 0 fully saturated rings. The summed E-state index contributed by atoms with van der Waals surface area (Å²) < 4.78 is 0. The Hall–Kier alpha value is -2.56. The molecule has 100 valence electrons. The van der Waals surface area contributed by atoms with Crippen LogP contribution in [0.15, 0.2) is 54.6 Å². The summed E-state index contributed by atoms with van der Waals surface area (Å²) in [5, 5.41) is 17.7. The van der Waals surface area contributed by atoms with Crippen LogP contribution in [0, 0.1) is 0 Å². The lowest BCUT2D eigenvalue weighted by Gasteiger charge is -2.24. The predicted octanol–water partition coefficient (Wildman–Crippen LogP) is 1.77. The number of aliphatic carboxylic acids is 2. The van der Waals surface area contributed by atoms with Crippen LogP contribution < -0.4 is 4.90 Å². The molecular formula is C14H15NO4. The van der Waals surface area contributed by atoms with Gasteiger partial charge in [0, 0.05) is 29.9 Å². The van der Waals surface area contributed by atoms with Gasteiger partial charge in [0.25, 0.3) is 0 Å². The van der Waals surface area contributed by atoms with Gasteiger partial charge < -0.3 is 15.1 Å². The average Bonchev–Trinajstić information content (AvgIpc) is 2.38. The molecule has 1 rings (SSSR count).